The van der Waals surface area contributed by atoms with Crippen LogP contribution in [-0.2, 0) is 16.1 Å². The molecule has 0 saturated carbocycles. The van der Waals surface area contributed by atoms with Crippen molar-refractivity contribution in [2.45, 2.75) is 84.5 Å². The van der Waals surface area contributed by atoms with Crippen LogP contribution in [0.5, 0.6) is 11.5 Å². The Morgan fingerprint density at radius 3 is 2.48 bits per heavy atom. The minimum atomic E-state index is -0.726. The smallest absolute Gasteiger partial charge is 0.412 e. The number of rotatable bonds is 8. The van der Waals surface area contributed by atoms with Crippen molar-refractivity contribution in [3.63, 3.8) is 0 Å². The van der Waals surface area contributed by atoms with Crippen molar-refractivity contribution in [2.75, 3.05) is 6.61 Å². The molecule has 0 unspecified atom stereocenters. The molecule has 0 spiro atoms. The quantitative estimate of drug-likeness (QED) is 0.475. The summed E-state index contributed by atoms with van der Waals surface area (Å²) >= 11 is 0. The molecule has 33 heavy (non-hydrogen) atoms. The van der Waals surface area contributed by atoms with Crippen LogP contribution in [0.1, 0.15) is 59.9 Å². The molecule has 0 bridgehead atoms. The summed E-state index contributed by atoms with van der Waals surface area (Å²) in [5, 5.41) is 0. The van der Waals surface area contributed by atoms with Gasteiger partial charge < -0.3 is 18.9 Å². The third-order valence-electron chi connectivity index (χ3n) is 5.51. The molecular formula is C27H37NO5. The Balaban J connectivity index is 1.64. The van der Waals surface area contributed by atoms with E-state index in [1.807, 2.05) is 89.2 Å². The molecule has 0 aliphatic carbocycles. The molecule has 1 fully saturated rings. The predicted molar refractivity (Wildman–Crippen MR) is 128 cm³/mol. The number of benzene rings is 2. The van der Waals surface area contributed by atoms with Gasteiger partial charge >= 0.3 is 6.09 Å². The lowest BCUT2D eigenvalue weighted by Crippen LogP contribution is -2.50. The number of nitrogens with zero attached hydrogens (tertiary/aromatic N) is 1. The van der Waals surface area contributed by atoms with Crippen molar-refractivity contribution in [3.8, 4) is 11.5 Å². The molecule has 1 aliphatic heterocycles. The van der Waals surface area contributed by atoms with Crippen LogP contribution in [0.4, 0.5) is 4.79 Å². The summed E-state index contributed by atoms with van der Waals surface area (Å²) in [7, 11) is 0. The highest BCUT2D eigenvalue weighted by Gasteiger charge is 2.46. The van der Waals surface area contributed by atoms with Gasteiger partial charge in [-0.05, 0) is 58.7 Å². The standard InChI is InChI=1S/C27H37NO5/c1-7-22(16-21-19-31-27(5,6)28(21)25(29)33-26(2,3)4)32-24-15-11-14-23(17-24)30-18-20-12-9-8-10-13-20/h8-15,17,21-22H,7,16,18-19H2,1-6H3/t21-,22+/m0/s1. The molecule has 1 amide bonds. The molecule has 6 heteroatoms. The second-order valence-electron chi connectivity index (χ2n) is 9.89. The minimum Gasteiger partial charge on any atom is -0.490 e. The number of hydrogen-bond donors (Lipinski definition) is 0. The van der Waals surface area contributed by atoms with Gasteiger partial charge in [-0.15, -0.1) is 0 Å². The summed E-state index contributed by atoms with van der Waals surface area (Å²) in [5.74, 6) is 1.50. The summed E-state index contributed by atoms with van der Waals surface area (Å²) in [6, 6.07) is 17.6. The fourth-order valence-electron chi connectivity index (χ4n) is 3.91. The van der Waals surface area contributed by atoms with Crippen molar-refractivity contribution in [1.29, 1.82) is 0 Å². The van der Waals surface area contributed by atoms with Crippen LogP contribution >= 0.6 is 0 Å². The lowest BCUT2D eigenvalue weighted by atomic mass is 10.1. The van der Waals surface area contributed by atoms with E-state index in [0.717, 1.165) is 23.5 Å². The largest absolute Gasteiger partial charge is 0.490 e. The highest BCUT2D eigenvalue weighted by Crippen LogP contribution is 2.33. The van der Waals surface area contributed by atoms with Crippen LogP contribution in [0, 0.1) is 0 Å². The van der Waals surface area contributed by atoms with E-state index in [2.05, 4.69) is 6.92 Å². The maximum Gasteiger partial charge on any atom is 0.412 e. The van der Waals surface area contributed by atoms with E-state index in [4.69, 9.17) is 18.9 Å². The Kier molecular flexibility index (Phi) is 7.90. The monoisotopic (exact) mass is 455 g/mol. The molecule has 2 atom stereocenters. The van der Waals surface area contributed by atoms with Gasteiger partial charge in [0.2, 0.25) is 0 Å². The van der Waals surface area contributed by atoms with Crippen molar-refractivity contribution < 1.29 is 23.7 Å². The van der Waals surface area contributed by atoms with Gasteiger partial charge in [-0.1, -0.05) is 43.3 Å². The summed E-state index contributed by atoms with van der Waals surface area (Å²) in [4.78, 5) is 14.6. The summed E-state index contributed by atoms with van der Waals surface area (Å²) in [5.41, 5.74) is -0.182. The van der Waals surface area contributed by atoms with Gasteiger partial charge in [0.15, 0.2) is 0 Å². The molecule has 3 rings (SSSR count). The summed E-state index contributed by atoms with van der Waals surface area (Å²) in [6.45, 7) is 12.4. The van der Waals surface area contributed by atoms with Crippen LogP contribution in [-0.4, -0.2) is 41.1 Å². The van der Waals surface area contributed by atoms with Crippen molar-refractivity contribution in [3.05, 3.63) is 60.2 Å². The molecule has 180 valence electrons. The van der Waals surface area contributed by atoms with E-state index in [1.165, 1.54) is 0 Å². The molecule has 0 aromatic heterocycles. The van der Waals surface area contributed by atoms with Gasteiger partial charge in [-0.25, -0.2) is 4.79 Å². The molecule has 2 aromatic carbocycles. The van der Waals surface area contributed by atoms with Gasteiger partial charge in [0.05, 0.1) is 12.6 Å². The van der Waals surface area contributed by atoms with E-state index in [1.54, 1.807) is 4.90 Å². The zero-order valence-electron chi connectivity index (χ0n) is 20.7. The van der Waals surface area contributed by atoms with Gasteiger partial charge in [0.25, 0.3) is 0 Å². The molecule has 0 radical (unpaired) electrons. The average molecular weight is 456 g/mol. The van der Waals surface area contributed by atoms with Gasteiger partial charge in [0, 0.05) is 12.5 Å². The predicted octanol–water partition coefficient (Wildman–Crippen LogP) is 6.19. The minimum absolute atomic E-state index is 0.0817. The molecule has 1 heterocycles. The van der Waals surface area contributed by atoms with E-state index in [-0.39, 0.29) is 18.2 Å². The van der Waals surface area contributed by atoms with Gasteiger partial charge in [-0.2, -0.15) is 0 Å². The van der Waals surface area contributed by atoms with Crippen LogP contribution in [0.3, 0.4) is 0 Å². The normalized spacial score (nSPS) is 18.6. The van der Waals surface area contributed by atoms with Gasteiger partial charge in [0.1, 0.15) is 35.5 Å². The number of carbonyl (C=O) groups excluding carboxylic acids is 1. The molecule has 6 nitrogen and oxygen atoms in total. The van der Waals surface area contributed by atoms with E-state index in [9.17, 15) is 4.79 Å². The van der Waals surface area contributed by atoms with Crippen LogP contribution in [0.15, 0.2) is 54.6 Å². The van der Waals surface area contributed by atoms with Crippen LogP contribution < -0.4 is 9.47 Å². The molecule has 1 saturated heterocycles. The van der Waals surface area contributed by atoms with Crippen molar-refractivity contribution in [2.24, 2.45) is 0 Å². The first-order valence-corrected chi connectivity index (χ1v) is 11.7. The lowest BCUT2D eigenvalue weighted by molar-refractivity contribution is -0.0635. The van der Waals surface area contributed by atoms with E-state index in [0.29, 0.717) is 19.6 Å². The fourth-order valence-corrected chi connectivity index (χ4v) is 3.91. The zero-order chi connectivity index (χ0) is 24.1. The third kappa shape index (κ3) is 7.13. The van der Waals surface area contributed by atoms with Crippen molar-refractivity contribution >= 4 is 6.09 Å². The van der Waals surface area contributed by atoms with E-state index >= 15 is 0 Å². The highest BCUT2D eigenvalue weighted by atomic mass is 16.6. The molecule has 1 aliphatic rings. The van der Waals surface area contributed by atoms with E-state index < -0.39 is 11.3 Å². The summed E-state index contributed by atoms with van der Waals surface area (Å²) < 4.78 is 23.8. The Hall–Kier alpha value is -2.73. The maximum absolute atomic E-state index is 12.9. The molecule has 2 aromatic rings. The Labute approximate surface area is 197 Å². The maximum atomic E-state index is 12.9. The zero-order valence-corrected chi connectivity index (χ0v) is 20.7. The Morgan fingerprint density at radius 2 is 1.82 bits per heavy atom. The second kappa shape index (κ2) is 10.5. The number of carbonyl (C=O) groups is 1. The first-order chi connectivity index (χ1) is 15.6. The Bertz CT molecular complexity index is 906. The third-order valence-corrected chi connectivity index (χ3v) is 5.51. The van der Waals surface area contributed by atoms with Crippen LogP contribution in [0.2, 0.25) is 0 Å². The number of ether oxygens (including phenoxy) is 4. The second-order valence-corrected chi connectivity index (χ2v) is 9.89. The number of amides is 1. The number of hydrogen-bond acceptors (Lipinski definition) is 5. The first-order valence-electron chi connectivity index (χ1n) is 11.7. The fraction of sp³-hybridized carbons (Fsp3) is 0.519. The first kappa shape index (κ1) is 24.9. The van der Waals surface area contributed by atoms with Gasteiger partial charge in [-0.3, -0.25) is 4.90 Å². The topological polar surface area (TPSA) is 57.2 Å². The average Bonchev–Trinajstić information content (AvgIpc) is 3.05. The SMILES string of the molecule is CC[C@H](C[C@H]1COC(C)(C)N1C(=O)OC(C)(C)C)Oc1cccc(OCc2ccccc2)c1. The summed E-state index contributed by atoms with van der Waals surface area (Å²) in [6.07, 6.45) is 1.01. The van der Waals surface area contributed by atoms with Crippen molar-refractivity contribution in [1.82, 2.24) is 4.90 Å². The highest BCUT2D eigenvalue weighted by molar-refractivity contribution is 5.69. The lowest BCUT2D eigenvalue weighted by Gasteiger charge is -2.36. The Morgan fingerprint density at radius 1 is 1.12 bits per heavy atom. The molecule has 0 N–H and O–H groups in total. The van der Waals surface area contributed by atoms with Crippen LogP contribution in [0.25, 0.3) is 0 Å². The molecular weight excluding hydrogens is 418 g/mol.